The molecule has 1 aliphatic carbocycles. The first kappa shape index (κ1) is 23.2. The summed E-state index contributed by atoms with van der Waals surface area (Å²) in [5.41, 5.74) is 1.97. The minimum atomic E-state index is 0.0922. The summed E-state index contributed by atoms with van der Waals surface area (Å²) in [5.74, 6) is 0.666. The molecule has 0 radical (unpaired) electrons. The van der Waals surface area contributed by atoms with Gasteiger partial charge >= 0.3 is 0 Å². The van der Waals surface area contributed by atoms with Crippen LogP contribution < -0.4 is 0 Å². The van der Waals surface area contributed by atoms with E-state index >= 15 is 0 Å². The van der Waals surface area contributed by atoms with Crippen molar-refractivity contribution in [1.29, 1.82) is 0 Å². The van der Waals surface area contributed by atoms with Crippen molar-refractivity contribution in [2.75, 3.05) is 39.3 Å². The lowest BCUT2D eigenvalue weighted by molar-refractivity contribution is -0.145. The number of carbonyl (C=O) groups is 2. The topological polar surface area (TPSA) is 56.8 Å². The van der Waals surface area contributed by atoms with Gasteiger partial charge in [-0.05, 0) is 68.9 Å². The molecule has 2 saturated heterocycles. The van der Waals surface area contributed by atoms with Crippen LogP contribution in [0.3, 0.4) is 0 Å². The fraction of sp³-hybridized carbons (Fsp3) is 0.731. The molecule has 6 heteroatoms. The van der Waals surface area contributed by atoms with Crippen LogP contribution in [0.25, 0.3) is 0 Å². The summed E-state index contributed by atoms with van der Waals surface area (Å²) in [6, 6.07) is 2.57. The number of nitrogens with zero attached hydrogens (tertiary/aromatic N) is 4. The fourth-order valence-corrected chi connectivity index (χ4v) is 6.19. The predicted octanol–water partition coefficient (Wildman–Crippen LogP) is 3.75. The third-order valence-electron chi connectivity index (χ3n) is 8.24. The first-order valence-corrected chi connectivity index (χ1v) is 12.7. The molecular weight excluding hydrogens is 400 g/mol. The summed E-state index contributed by atoms with van der Waals surface area (Å²) in [5, 5.41) is 0. The zero-order valence-corrected chi connectivity index (χ0v) is 20.2. The van der Waals surface area contributed by atoms with Crippen LogP contribution in [0.2, 0.25) is 0 Å². The van der Waals surface area contributed by atoms with Gasteiger partial charge in [0.05, 0.1) is 5.56 Å². The van der Waals surface area contributed by atoms with E-state index in [1.54, 1.807) is 12.4 Å². The van der Waals surface area contributed by atoms with E-state index in [4.69, 9.17) is 0 Å². The van der Waals surface area contributed by atoms with E-state index < -0.39 is 0 Å². The minimum absolute atomic E-state index is 0.0922. The second kappa shape index (κ2) is 9.90. The van der Waals surface area contributed by atoms with E-state index in [9.17, 15) is 9.59 Å². The Morgan fingerprint density at radius 3 is 2.38 bits per heavy atom. The van der Waals surface area contributed by atoms with E-state index in [1.165, 1.54) is 12.8 Å². The van der Waals surface area contributed by atoms with Gasteiger partial charge in [-0.15, -0.1) is 0 Å². The lowest BCUT2D eigenvalue weighted by atomic mass is 9.57. The van der Waals surface area contributed by atoms with Gasteiger partial charge in [0.2, 0.25) is 5.91 Å². The molecule has 176 valence electrons. The first-order valence-electron chi connectivity index (χ1n) is 12.7. The largest absolute Gasteiger partial charge is 0.341 e. The molecule has 0 aromatic carbocycles. The van der Waals surface area contributed by atoms with Gasteiger partial charge in [-0.1, -0.05) is 13.8 Å². The highest BCUT2D eigenvalue weighted by Crippen LogP contribution is 2.53. The van der Waals surface area contributed by atoms with Crippen LogP contribution in [-0.4, -0.2) is 76.8 Å². The molecule has 1 spiro atoms. The lowest BCUT2D eigenvalue weighted by Crippen LogP contribution is -2.53. The average Bonchev–Trinajstić information content (AvgIpc) is 3.04. The number of amides is 2. The summed E-state index contributed by atoms with van der Waals surface area (Å²) in [6.45, 7) is 12.0. The van der Waals surface area contributed by atoms with Gasteiger partial charge in [0.15, 0.2) is 0 Å². The van der Waals surface area contributed by atoms with E-state index in [2.05, 4.69) is 28.6 Å². The number of carbonyl (C=O) groups excluding carboxylic acids is 2. The third-order valence-corrected chi connectivity index (χ3v) is 8.24. The first-order chi connectivity index (χ1) is 15.4. The Morgan fingerprint density at radius 2 is 1.72 bits per heavy atom. The summed E-state index contributed by atoms with van der Waals surface area (Å²) in [7, 11) is 0. The highest BCUT2D eigenvalue weighted by molar-refractivity contribution is 5.94. The van der Waals surface area contributed by atoms with Crippen LogP contribution in [-0.2, 0) is 4.79 Å². The molecule has 1 saturated carbocycles. The summed E-state index contributed by atoms with van der Waals surface area (Å²) < 4.78 is 0. The summed E-state index contributed by atoms with van der Waals surface area (Å²) >= 11 is 0. The Bertz CT molecular complexity index is 806. The van der Waals surface area contributed by atoms with Crippen molar-refractivity contribution in [2.45, 2.75) is 71.8 Å². The zero-order chi connectivity index (χ0) is 22.7. The number of aromatic nitrogens is 1. The number of likely N-dealkylation sites (tertiary alicyclic amines) is 1. The number of hydrogen-bond donors (Lipinski definition) is 0. The molecule has 1 aromatic heterocycles. The maximum absolute atomic E-state index is 13.2. The summed E-state index contributed by atoms with van der Waals surface area (Å²) in [4.78, 5) is 36.9. The molecule has 0 bridgehead atoms. The Morgan fingerprint density at radius 1 is 1.00 bits per heavy atom. The van der Waals surface area contributed by atoms with Crippen molar-refractivity contribution >= 4 is 11.8 Å². The number of hydrogen-bond acceptors (Lipinski definition) is 4. The highest BCUT2D eigenvalue weighted by atomic mass is 16.2. The Balaban J connectivity index is 1.25. The van der Waals surface area contributed by atoms with Gasteiger partial charge in [0.25, 0.3) is 5.91 Å². The van der Waals surface area contributed by atoms with Crippen LogP contribution in [0.1, 0.15) is 74.7 Å². The van der Waals surface area contributed by atoms with Crippen molar-refractivity contribution in [2.24, 2.45) is 11.3 Å². The smallest absolute Gasteiger partial charge is 0.255 e. The number of pyridine rings is 1. The SMILES string of the molecule is CCC(CC)N1CCCN(C(=O)C2CC3(CCN(C(=O)c4cncc(C)c4)CC3)C2)CC1. The highest BCUT2D eigenvalue weighted by Gasteiger charge is 2.49. The maximum Gasteiger partial charge on any atom is 0.255 e. The Kier molecular flexibility index (Phi) is 7.18. The quantitative estimate of drug-likeness (QED) is 0.700. The molecule has 3 aliphatic rings. The van der Waals surface area contributed by atoms with Crippen molar-refractivity contribution in [3.05, 3.63) is 29.6 Å². The molecule has 0 atom stereocenters. The van der Waals surface area contributed by atoms with Gasteiger partial charge < -0.3 is 9.80 Å². The second-order valence-corrected chi connectivity index (χ2v) is 10.3. The number of piperidine rings is 1. The number of rotatable bonds is 5. The molecule has 6 nitrogen and oxygen atoms in total. The molecule has 3 fully saturated rings. The zero-order valence-electron chi connectivity index (χ0n) is 20.2. The maximum atomic E-state index is 13.2. The summed E-state index contributed by atoms with van der Waals surface area (Å²) in [6.07, 6.45) is 11.0. The minimum Gasteiger partial charge on any atom is -0.341 e. The molecule has 2 amide bonds. The molecule has 0 unspecified atom stereocenters. The van der Waals surface area contributed by atoms with Gasteiger partial charge in [0.1, 0.15) is 0 Å². The van der Waals surface area contributed by atoms with E-state index in [1.807, 2.05) is 17.9 Å². The number of aryl methyl sites for hydroxylation is 1. The van der Waals surface area contributed by atoms with Crippen molar-refractivity contribution in [1.82, 2.24) is 19.7 Å². The Labute approximate surface area is 193 Å². The van der Waals surface area contributed by atoms with Crippen LogP contribution in [0, 0.1) is 18.3 Å². The lowest BCUT2D eigenvalue weighted by Gasteiger charge is -2.52. The third kappa shape index (κ3) is 4.85. The molecule has 4 rings (SSSR count). The predicted molar refractivity (Wildman–Crippen MR) is 126 cm³/mol. The van der Waals surface area contributed by atoms with Crippen LogP contribution in [0.4, 0.5) is 0 Å². The average molecular weight is 441 g/mol. The van der Waals surface area contributed by atoms with E-state index in [0.29, 0.717) is 17.5 Å². The van der Waals surface area contributed by atoms with Crippen molar-refractivity contribution < 1.29 is 9.59 Å². The fourth-order valence-electron chi connectivity index (χ4n) is 6.19. The van der Waals surface area contributed by atoms with Gasteiger partial charge in [-0.25, -0.2) is 0 Å². The molecule has 32 heavy (non-hydrogen) atoms. The van der Waals surface area contributed by atoms with Crippen molar-refractivity contribution in [3.8, 4) is 0 Å². The van der Waals surface area contributed by atoms with Gasteiger partial charge in [-0.3, -0.25) is 19.5 Å². The molecular formula is C26H40N4O2. The molecule has 2 aliphatic heterocycles. The van der Waals surface area contributed by atoms with Crippen LogP contribution in [0.15, 0.2) is 18.5 Å². The van der Waals surface area contributed by atoms with E-state index in [-0.39, 0.29) is 17.2 Å². The Hall–Kier alpha value is -1.95. The standard InChI is InChI=1S/C26H40N4O2/c1-4-23(5-2)28-9-6-10-29(14-13-28)25(32)22-16-26(17-22)7-11-30(12-8-26)24(31)21-15-20(3)18-27-19-21/h15,18-19,22-23H,4-14,16-17H2,1-3H3. The monoisotopic (exact) mass is 440 g/mol. The molecule has 3 heterocycles. The van der Waals surface area contributed by atoms with Crippen LogP contribution in [0.5, 0.6) is 0 Å². The molecule has 0 N–H and O–H groups in total. The van der Waals surface area contributed by atoms with Gasteiger partial charge in [-0.2, -0.15) is 0 Å². The van der Waals surface area contributed by atoms with Gasteiger partial charge in [0, 0.05) is 63.6 Å². The van der Waals surface area contributed by atoms with Crippen molar-refractivity contribution in [3.63, 3.8) is 0 Å². The normalized spacial score (nSPS) is 22.1. The van der Waals surface area contributed by atoms with E-state index in [0.717, 1.165) is 76.9 Å². The molecule has 1 aromatic rings. The second-order valence-electron chi connectivity index (χ2n) is 10.3. The van der Waals surface area contributed by atoms with Crippen LogP contribution >= 0.6 is 0 Å².